The van der Waals surface area contributed by atoms with Crippen LogP contribution in [0.3, 0.4) is 0 Å². The summed E-state index contributed by atoms with van der Waals surface area (Å²) in [6.45, 7) is 4.05. The van der Waals surface area contributed by atoms with Gasteiger partial charge >= 0.3 is 6.03 Å². The first-order valence-electron chi connectivity index (χ1n) is 7.05. The Morgan fingerprint density at radius 2 is 2.05 bits per heavy atom. The molecular formula is C14H19N3O4S. The predicted molar refractivity (Wildman–Crippen MR) is 81.0 cm³/mol. The SMILES string of the molecule is COC1C(O)N(c2nc3c(s2)C(=O)CC(C)(C)C3)C(=O)N1C. The molecule has 0 radical (unpaired) electrons. The van der Waals surface area contributed by atoms with Crippen molar-refractivity contribution in [3.8, 4) is 0 Å². The molecule has 0 bridgehead atoms. The minimum atomic E-state index is -1.14. The number of carbonyl (C=O) groups is 2. The number of aromatic nitrogens is 1. The van der Waals surface area contributed by atoms with Gasteiger partial charge in [-0.05, 0) is 11.8 Å². The molecule has 2 heterocycles. The molecule has 1 aromatic heterocycles. The first-order valence-corrected chi connectivity index (χ1v) is 7.86. The van der Waals surface area contributed by atoms with E-state index in [1.807, 2.05) is 13.8 Å². The van der Waals surface area contributed by atoms with E-state index in [2.05, 4.69) is 4.98 Å². The molecule has 3 rings (SSSR count). The van der Waals surface area contributed by atoms with Crippen molar-refractivity contribution in [1.82, 2.24) is 9.88 Å². The van der Waals surface area contributed by atoms with Crippen molar-refractivity contribution in [3.63, 3.8) is 0 Å². The predicted octanol–water partition coefficient (Wildman–Crippen LogP) is 1.46. The molecule has 2 unspecified atom stereocenters. The Morgan fingerprint density at radius 1 is 1.36 bits per heavy atom. The molecule has 1 aliphatic heterocycles. The van der Waals surface area contributed by atoms with Crippen LogP contribution in [0.2, 0.25) is 0 Å². The Balaban J connectivity index is 1.98. The monoisotopic (exact) mass is 325 g/mol. The summed E-state index contributed by atoms with van der Waals surface area (Å²) in [5.41, 5.74) is 0.583. The molecule has 8 heteroatoms. The number of urea groups is 1. The van der Waals surface area contributed by atoms with Gasteiger partial charge in [0.2, 0.25) is 0 Å². The second kappa shape index (κ2) is 5.00. The number of likely N-dealkylation sites (N-methyl/N-ethyl adjacent to an activating group) is 1. The number of thiazole rings is 1. The van der Waals surface area contributed by atoms with Gasteiger partial charge < -0.3 is 9.84 Å². The molecule has 7 nitrogen and oxygen atoms in total. The molecule has 1 N–H and O–H groups in total. The number of nitrogens with zero attached hydrogens (tertiary/aromatic N) is 3. The van der Waals surface area contributed by atoms with Gasteiger partial charge in [-0.2, -0.15) is 0 Å². The van der Waals surface area contributed by atoms with Crippen molar-refractivity contribution in [2.45, 2.75) is 39.1 Å². The van der Waals surface area contributed by atoms with Gasteiger partial charge in [0.1, 0.15) is 0 Å². The number of carbonyl (C=O) groups excluding carboxylic acids is 2. The molecule has 2 amide bonds. The zero-order valence-electron chi connectivity index (χ0n) is 13.0. The van der Waals surface area contributed by atoms with Gasteiger partial charge in [-0.1, -0.05) is 25.2 Å². The molecule has 2 atom stereocenters. The van der Waals surface area contributed by atoms with E-state index in [-0.39, 0.29) is 11.2 Å². The first-order chi connectivity index (χ1) is 10.2. The maximum Gasteiger partial charge on any atom is 0.330 e. The number of rotatable bonds is 2. The molecule has 1 fully saturated rings. The van der Waals surface area contributed by atoms with Crippen molar-refractivity contribution in [1.29, 1.82) is 0 Å². The average Bonchev–Trinajstić information content (AvgIpc) is 2.89. The second-order valence-corrected chi connectivity index (χ2v) is 7.49. The van der Waals surface area contributed by atoms with Gasteiger partial charge in [0.05, 0.1) is 10.6 Å². The Kier molecular flexibility index (Phi) is 3.50. The van der Waals surface area contributed by atoms with Crippen LogP contribution >= 0.6 is 11.3 Å². The number of anilines is 1. The summed E-state index contributed by atoms with van der Waals surface area (Å²) in [4.78, 5) is 32.1. The largest absolute Gasteiger partial charge is 0.369 e. The molecule has 1 saturated heterocycles. The number of hydrogen-bond donors (Lipinski definition) is 1. The number of ketones is 1. The van der Waals surface area contributed by atoms with Crippen LogP contribution in [0.5, 0.6) is 0 Å². The third-order valence-electron chi connectivity index (χ3n) is 4.08. The van der Waals surface area contributed by atoms with Crippen LogP contribution < -0.4 is 4.90 Å². The summed E-state index contributed by atoms with van der Waals surface area (Å²) in [7, 11) is 2.99. The topological polar surface area (TPSA) is 83.0 Å². The fourth-order valence-corrected chi connectivity index (χ4v) is 4.05. The highest BCUT2D eigenvalue weighted by Gasteiger charge is 2.46. The number of hydrogen-bond acceptors (Lipinski definition) is 6. The molecule has 120 valence electrons. The van der Waals surface area contributed by atoms with Gasteiger partial charge in [-0.15, -0.1) is 0 Å². The highest BCUT2D eigenvalue weighted by Crippen LogP contribution is 2.40. The fourth-order valence-electron chi connectivity index (χ4n) is 3.00. The third kappa shape index (κ3) is 2.22. The van der Waals surface area contributed by atoms with Crippen LogP contribution in [0.4, 0.5) is 9.93 Å². The highest BCUT2D eigenvalue weighted by molar-refractivity contribution is 7.17. The van der Waals surface area contributed by atoms with Crippen molar-refractivity contribution in [2.75, 3.05) is 19.1 Å². The van der Waals surface area contributed by atoms with Crippen molar-refractivity contribution >= 4 is 28.3 Å². The lowest BCUT2D eigenvalue weighted by Crippen LogP contribution is -2.37. The lowest BCUT2D eigenvalue weighted by molar-refractivity contribution is -0.0489. The Morgan fingerprint density at radius 3 is 2.64 bits per heavy atom. The zero-order chi connectivity index (χ0) is 16.2. The minimum absolute atomic E-state index is 0.0489. The molecule has 0 saturated carbocycles. The van der Waals surface area contributed by atoms with E-state index in [1.54, 1.807) is 7.05 Å². The zero-order valence-corrected chi connectivity index (χ0v) is 13.8. The Hall–Kier alpha value is -1.51. The van der Waals surface area contributed by atoms with Gasteiger partial charge in [-0.3, -0.25) is 9.69 Å². The maximum absolute atomic E-state index is 12.3. The number of ether oxygens (including phenoxy) is 1. The van der Waals surface area contributed by atoms with Crippen molar-refractivity contribution in [2.24, 2.45) is 5.41 Å². The van der Waals surface area contributed by atoms with E-state index in [4.69, 9.17) is 4.74 Å². The van der Waals surface area contributed by atoms with Gasteiger partial charge in [-0.25, -0.2) is 14.7 Å². The van der Waals surface area contributed by atoms with Crippen LogP contribution in [0.25, 0.3) is 0 Å². The van der Waals surface area contributed by atoms with Crippen LogP contribution in [0, 0.1) is 5.41 Å². The van der Waals surface area contributed by atoms with Crippen molar-refractivity contribution in [3.05, 3.63) is 10.6 Å². The number of aliphatic hydroxyl groups excluding tert-OH is 1. The highest BCUT2D eigenvalue weighted by atomic mass is 32.1. The quantitative estimate of drug-likeness (QED) is 0.890. The molecule has 22 heavy (non-hydrogen) atoms. The van der Waals surface area contributed by atoms with E-state index in [0.717, 1.165) is 0 Å². The minimum Gasteiger partial charge on any atom is -0.369 e. The van der Waals surface area contributed by atoms with E-state index < -0.39 is 18.5 Å². The van der Waals surface area contributed by atoms with Crippen LogP contribution in [-0.2, 0) is 11.2 Å². The molecule has 1 aromatic rings. The van der Waals surface area contributed by atoms with E-state index in [9.17, 15) is 14.7 Å². The molecule has 2 aliphatic rings. The van der Waals surface area contributed by atoms with E-state index in [1.165, 1.54) is 28.2 Å². The summed E-state index contributed by atoms with van der Waals surface area (Å²) in [5.74, 6) is 0.0489. The molecule has 1 aliphatic carbocycles. The lowest BCUT2D eigenvalue weighted by Gasteiger charge is -2.26. The van der Waals surface area contributed by atoms with E-state index in [0.29, 0.717) is 28.5 Å². The number of amides is 2. The standard InChI is InChI=1S/C14H19N3O4S/c1-14(2)5-7-9(8(18)6-14)22-12(15-7)17-10(19)11(21-4)16(3)13(17)20/h10-11,19H,5-6H2,1-4H3. The van der Waals surface area contributed by atoms with Gasteiger partial charge in [0.15, 0.2) is 23.4 Å². The summed E-state index contributed by atoms with van der Waals surface area (Å²) < 4.78 is 5.14. The van der Waals surface area contributed by atoms with Crippen LogP contribution in [0.1, 0.15) is 35.6 Å². The smallest absolute Gasteiger partial charge is 0.330 e. The number of aliphatic hydroxyl groups is 1. The summed E-state index contributed by atoms with van der Waals surface area (Å²) >= 11 is 1.17. The van der Waals surface area contributed by atoms with Crippen LogP contribution in [-0.4, -0.2) is 53.4 Å². The Labute approximate surface area is 132 Å². The van der Waals surface area contributed by atoms with Gasteiger partial charge in [0.25, 0.3) is 0 Å². The fraction of sp³-hybridized carbons (Fsp3) is 0.643. The normalized spacial score (nSPS) is 27.5. The van der Waals surface area contributed by atoms with Crippen molar-refractivity contribution < 1.29 is 19.4 Å². The summed E-state index contributed by atoms with van der Waals surface area (Å²) in [5, 5.41) is 10.6. The number of fused-ring (bicyclic) bond motifs is 1. The van der Waals surface area contributed by atoms with E-state index >= 15 is 0 Å². The first kappa shape index (κ1) is 15.4. The number of methoxy groups -OCH3 is 1. The summed E-state index contributed by atoms with van der Waals surface area (Å²) in [6.07, 6.45) is -0.732. The molecule has 0 spiro atoms. The van der Waals surface area contributed by atoms with Crippen LogP contribution in [0.15, 0.2) is 0 Å². The molecular weight excluding hydrogens is 306 g/mol. The third-order valence-corrected chi connectivity index (χ3v) is 5.22. The summed E-state index contributed by atoms with van der Waals surface area (Å²) in [6, 6.07) is -0.392. The van der Waals surface area contributed by atoms with Gasteiger partial charge in [0, 0.05) is 20.6 Å². The Bertz CT molecular complexity index is 642. The lowest BCUT2D eigenvalue weighted by atomic mass is 9.78. The average molecular weight is 325 g/mol. The molecule has 0 aromatic carbocycles. The maximum atomic E-state index is 12.3. The second-order valence-electron chi connectivity index (χ2n) is 6.52. The number of Topliss-reactive ketones (excluding diaryl/α,β-unsaturated/α-hetero) is 1.